The highest BCUT2D eigenvalue weighted by Gasteiger charge is 2.40. The molecule has 1 aliphatic rings. The highest BCUT2D eigenvalue weighted by atomic mass is 79.9. The molecule has 2 N–H and O–H groups in total. The zero-order chi connectivity index (χ0) is 19.9. The molecule has 0 saturated heterocycles. The molecule has 5 nitrogen and oxygen atoms in total. The number of anilines is 1. The normalized spacial score (nSPS) is 22.7. The average molecular weight is 455 g/mol. The van der Waals surface area contributed by atoms with Crippen molar-refractivity contribution in [2.45, 2.75) is 37.0 Å². The highest BCUT2D eigenvalue weighted by Crippen LogP contribution is 2.41. The lowest BCUT2D eigenvalue weighted by molar-refractivity contribution is -0.141. The minimum absolute atomic E-state index is 0.101. The molecule has 148 valence electrons. The molecule has 0 spiro atoms. The van der Waals surface area contributed by atoms with Crippen molar-refractivity contribution in [2.75, 3.05) is 11.9 Å². The van der Waals surface area contributed by atoms with E-state index < -0.39 is 18.0 Å². The smallest absolute Gasteiger partial charge is 0.393 e. The van der Waals surface area contributed by atoms with Gasteiger partial charge in [0.05, 0.1) is 6.10 Å². The molecule has 2 atom stereocenters. The van der Waals surface area contributed by atoms with Crippen LogP contribution >= 0.6 is 15.9 Å². The van der Waals surface area contributed by atoms with Gasteiger partial charge < -0.3 is 10.4 Å². The van der Waals surface area contributed by atoms with E-state index in [2.05, 4.69) is 31.3 Å². The first-order valence-corrected chi connectivity index (χ1v) is 9.67. The topological polar surface area (TPSA) is 62.5 Å². The van der Waals surface area contributed by atoms with Crippen LogP contribution in [-0.2, 0) is 11.6 Å². The molecule has 0 amide bonds. The summed E-state index contributed by atoms with van der Waals surface area (Å²) < 4.78 is 41.6. The number of aromatic nitrogens is 3. The Balaban J connectivity index is 1.71. The number of hydrogen-bond donors (Lipinski definition) is 2. The Hall–Kier alpha value is -2.13. The van der Waals surface area contributed by atoms with Crippen LogP contribution in [0.4, 0.5) is 19.0 Å². The van der Waals surface area contributed by atoms with Crippen LogP contribution in [0.3, 0.4) is 0 Å². The maximum atomic E-state index is 13.3. The quantitative estimate of drug-likeness (QED) is 0.612. The number of aliphatic hydroxyl groups is 1. The molecule has 0 unspecified atom stereocenters. The fraction of sp³-hybridized carbons (Fsp3) is 0.368. The maximum absolute atomic E-state index is 13.3. The molecule has 1 fully saturated rings. The van der Waals surface area contributed by atoms with Gasteiger partial charge in [0.2, 0.25) is 0 Å². The lowest BCUT2D eigenvalue weighted by atomic mass is 9.78. The number of benzene rings is 1. The fourth-order valence-corrected chi connectivity index (χ4v) is 4.26. The molecule has 0 aliphatic heterocycles. The minimum Gasteiger partial charge on any atom is -0.393 e. The van der Waals surface area contributed by atoms with Crippen molar-refractivity contribution >= 4 is 27.4 Å². The van der Waals surface area contributed by atoms with Crippen LogP contribution in [-0.4, -0.2) is 32.4 Å². The van der Waals surface area contributed by atoms with E-state index in [9.17, 15) is 18.3 Å². The van der Waals surface area contributed by atoms with Gasteiger partial charge in [0.1, 0.15) is 10.4 Å². The lowest BCUT2D eigenvalue weighted by Gasteiger charge is -2.30. The summed E-state index contributed by atoms with van der Waals surface area (Å²) in [5.74, 6) is 0.208. The van der Waals surface area contributed by atoms with Crippen molar-refractivity contribution in [3.8, 4) is 0 Å². The first kappa shape index (κ1) is 19.2. The summed E-state index contributed by atoms with van der Waals surface area (Å²) in [4.78, 5) is 3.66. The van der Waals surface area contributed by atoms with Gasteiger partial charge in [-0.25, -0.2) is 4.98 Å². The second-order valence-electron chi connectivity index (χ2n) is 7.16. The van der Waals surface area contributed by atoms with Gasteiger partial charge in [-0.3, -0.25) is 0 Å². The van der Waals surface area contributed by atoms with Crippen LogP contribution in [0.5, 0.6) is 0 Å². The van der Waals surface area contributed by atoms with Gasteiger partial charge in [-0.05, 0) is 40.8 Å². The number of fused-ring (bicyclic) bond motifs is 1. The molecule has 2 aromatic heterocycles. The van der Waals surface area contributed by atoms with E-state index >= 15 is 0 Å². The van der Waals surface area contributed by atoms with Crippen LogP contribution in [0, 0.1) is 0 Å². The van der Waals surface area contributed by atoms with E-state index in [0.29, 0.717) is 24.0 Å². The number of nitrogens with one attached hydrogen (secondary N) is 1. The van der Waals surface area contributed by atoms with Gasteiger partial charge in [-0.2, -0.15) is 22.8 Å². The number of hydrogen-bond acceptors (Lipinski definition) is 4. The molecule has 0 bridgehead atoms. The van der Waals surface area contributed by atoms with Gasteiger partial charge >= 0.3 is 6.18 Å². The van der Waals surface area contributed by atoms with Crippen LogP contribution < -0.4 is 5.32 Å². The third kappa shape index (κ3) is 3.60. The molecular weight excluding hydrogens is 437 g/mol. The molecule has 4 rings (SSSR count). The first-order chi connectivity index (χ1) is 13.3. The van der Waals surface area contributed by atoms with Gasteiger partial charge in [-0.15, -0.1) is 0 Å². The Morgan fingerprint density at radius 1 is 1.25 bits per heavy atom. The largest absolute Gasteiger partial charge is 0.433 e. The molecule has 1 saturated carbocycles. The standard InChI is InChI=1S/C19H18BrF3N4O/c20-15-9-17-25-14(19(21,22)23)8-16(27(17)26-15)24-11-18(7-6-13(28)10-18)12-4-2-1-3-5-12/h1-5,8-9,13,24,28H,6-7,10-11H2/t13-,18+/m0/s1. The molecule has 2 heterocycles. The van der Waals surface area contributed by atoms with E-state index in [-0.39, 0.29) is 16.9 Å². The summed E-state index contributed by atoms with van der Waals surface area (Å²) in [5.41, 5.74) is -0.180. The minimum atomic E-state index is -4.56. The first-order valence-electron chi connectivity index (χ1n) is 8.88. The SMILES string of the molecule is O[C@H]1CC[C@@](CNc2cc(C(F)(F)F)nc3cc(Br)nn23)(c2ccccc2)C1. The summed E-state index contributed by atoms with van der Waals surface area (Å²) >= 11 is 3.19. The van der Waals surface area contributed by atoms with Crippen molar-refractivity contribution in [1.82, 2.24) is 14.6 Å². The van der Waals surface area contributed by atoms with Gasteiger partial charge in [0.15, 0.2) is 11.3 Å². The third-order valence-corrected chi connectivity index (χ3v) is 5.65. The van der Waals surface area contributed by atoms with E-state index in [4.69, 9.17) is 0 Å². The Morgan fingerprint density at radius 2 is 2.00 bits per heavy atom. The summed E-state index contributed by atoms with van der Waals surface area (Å²) in [7, 11) is 0. The molecule has 3 aromatic rings. The molecular formula is C19H18BrF3N4O. The van der Waals surface area contributed by atoms with Crippen LogP contribution in [0.15, 0.2) is 47.1 Å². The van der Waals surface area contributed by atoms with Crippen molar-refractivity contribution in [3.05, 3.63) is 58.3 Å². The molecule has 9 heteroatoms. The van der Waals surface area contributed by atoms with Gasteiger partial charge in [0, 0.05) is 24.1 Å². The summed E-state index contributed by atoms with van der Waals surface area (Å²) in [6, 6.07) is 12.2. The van der Waals surface area contributed by atoms with Crippen LogP contribution in [0.25, 0.3) is 5.65 Å². The van der Waals surface area contributed by atoms with Crippen molar-refractivity contribution < 1.29 is 18.3 Å². The summed E-state index contributed by atoms with van der Waals surface area (Å²) in [6.45, 7) is 0.377. The number of rotatable bonds is 4. The fourth-order valence-electron chi connectivity index (χ4n) is 3.89. The molecule has 1 aliphatic carbocycles. The molecule has 0 radical (unpaired) electrons. The Kier molecular flexibility index (Phi) is 4.83. The summed E-state index contributed by atoms with van der Waals surface area (Å²) in [6.07, 6.45) is -3.04. The maximum Gasteiger partial charge on any atom is 0.433 e. The number of alkyl halides is 3. The Morgan fingerprint density at radius 3 is 2.64 bits per heavy atom. The Bertz CT molecular complexity index is 992. The van der Waals surface area contributed by atoms with E-state index in [0.717, 1.165) is 18.1 Å². The second-order valence-corrected chi connectivity index (χ2v) is 7.97. The number of nitrogens with zero attached hydrogens (tertiary/aromatic N) is 3. The third-order valence-electron chi connectivity index (χ3n) is 5.26. The summed E-state index contributed by atoms with van der Waals surface area (Å²) in [5, 5.41) is 17.5. The predicted molar refractivity (Wildman–Crippen MR) is 102 cm³/mol. The monoisotopic (exact) mass is 454 g/mol. The van der Waals surface area contributed by atoms with E-state index in [1.54, 1.807) is 0 Å². The van der Waals surface area contributed by atoms with Crippen molar-refractivity contribution in [1.29, 1.82) is 0 Å². The second kappa shape index (κ2) is 7.04. The van der Waals surface area contributed by atoms with Gasteiger partial charge in [-0.1, -0.05) is 30.3 Å². The van der Waals surface area contributed by atoms with E-state index in [1.807, 2.05) is 30.3 Å². The highest BCUT2D eigenvalue weighted by molar-refractivity contribution is 9.10. The van der Waals surface area contributed by atoms with Crippen LogP contribution in [0.2, 0.25) is 0 Å². The zero-order valence-corrected chi connectivity index (χ0v) is 16.3. The molecule has 28 heavy (non-hydrogen) atoms. The van der Waals surface area contributed by atoms with Crippen molar-refractivity contribution in [2.24, 2.45) is 0 Å². The Labute approximate surface area is 167 Å². The number of aliphatic hydroxyl groups excluding tert-OH is 1. The van der Waals surface area contributed by atoms with Gasteiger partial charge in [0.25, 0.3) is 0 Å². The molecule has 1 aromatic carbocycles. The lowest BCUT2D eigenvalue weighted by Crippen LogP contribution is -2.33. The average Bonchev–Trinajstić information content (AvgIpc) is 3.22. The predicted octanol–water partition coefficient (Wildman–Crippen LogP) is 4.41. The van der Waals surface area contributed by atoms with Crippen molar-refractivity contribution in [3.63, 3.8) is 0 Å². The zero-order valence-electron chi connectivity index (χ0n) is 14.7. The van der Waals surface area contributed by atoms with Crippen LogP contribution in [0.1, 0.15) is 30.5 Å². The van der Waals surface area contributed by atoms with E-state index in [1.165, 1.54) is 10.6 Å². The number of halogens is 4.